The molecule has 0 bridgehead atoms. The number of halogens is 1. The minimum atomic E-state index is -0.0770. The number of aryl methyl sites for hydroxylation is 1. The highest BCUT2D eigenvalue weighted by molar-refractivity contribution is 6.34. The van der Waals surface area contributed by atoms with Gasteiger partial charge in [0.05, 0.1) is 0 Å². The number of fused-ring (bicyclic) bond motifs is 1. The van der Waals surface area contributed by atoms with E-state index in [0.717, 1.165) is 28.8 Å². The van der Waals surface area contributed by atoms with Gasteiger partial charge in [-0.3, -0.25) is 9.78 Å². The zero-order chi connectivity index (χ0) is 13.9. The molecule has 1 aromatic heterocycles. The molecule has 1 N–H and O–H groups in total. The number of anilines is 1. The normalized spacial score (nSPS) is 15.2. The van der Waals surface area contributed by atoms with Gasteiger partial charge in [0.1, 0.15) is 0 Å². The summed E-state index contributed by atoms with van der Waals surface area (Å²) in [6.45, 7) is 0. The summed E-state index contributed by atoms with van der Waals surface area (Å²) in [5, 5.41) is 2.88. The second kappa shape index (κ2) is 5.47. The molecule has 0 spiro atoms. The van der Waals surface area contributed by atoms with Crippen molar-refractivity contribution in [1.29, 1.82) is 0 Å². The van der Waals surface area contributed by atoms with E-state index in [-0.39, 0.29) is 5.91 Å². The first kappa shape index (κ1) is 12.9. The van der Waals surface area contributed by atoms with Gasteiger partial charge in [0, 0.05) is 35.1 Å². The Kier molecular flexibility index (Phi) is 3.52. The van der Waals surface area contributed by atoms with Crippen molar-refractivity contribution in [2.75, 3.05) is 11.2 Å². The smallest absolute Gasteiger partial charge is 0.256 e. The van der Waals surface area contributed by atoms with E-state index in [1.807, 2.05) is 36.4 Å². The van der Waals surface area contributed by atoms with Crippen molar-refractivity contribution in [1.82, 2.24) is 4.98 Å². The molecule has 3 nitrogen and oxygen atoms in total. The maximum atomic E-state index is 12.1. The molecule has 2 aromatic rings. The number of carbonyl (C=O) groups is 1. The average molecular weight is 285 g/mol. The van der Waals surface area contributed by atoms with Crippen LogP contribution >= 0.6 is 11.6 Å². The summed E-state index contributed by atoms with van der Waals surface area (Å²) >= 11 is 5.78. The number of rotatable bonds is 3. The van der Waals surface area contributed by atoms with Crippen molar-refractivity contribution >= 4 is 34.8 Å². The molecule has 20 heavy (non-hydrogen) atoms. The van der Waals surface area contributed by atoms with Crippen LogP contribution < -0.4 is 5.32 Å². The van der Waals surface area contributed by atoms with Gasteiger partial charge in [0.25, 0.3) is 5.91 Å². The maximum Gasteiger partial charge on any atom is 0.256 e. The van der Waals surface area contributed by atoms with E-state index < -0.39 is 0 Å². The summed E-state index contributed by atoms with van der Waals surface area (Å²) in [7, 11) is 0. The third-order valence-electron chi connectivity index (χ3n) is 3.25. The third kappa shape index (κ3) is 2.45. The molecule has 1 aliphatic heterocycles. The minimum absolute atomic E-state index is 0.0770. The van der Waals surface area contributed by atoms with Gasteiger partial charge in [-0.05, 0) is 41.8 Å². The Morgan fingerprint density at radius 2 is 2.20 bits per heavy atom. The summed E-state index contributed by atoms with van der Waals surface area (Å²) in [4.78, 5) is 16.1. The predicted octanol–water partition coefficient (Wildman–Crippen LogP) is 3.36. The molecule has 0 radical (unpaired) electrons. The second-order valence-corrected chi connectivity index (χ2v) is 5.00. The highest BCUT2D eigenvalue weighted by Crippen LogP contribution is 2.33. The summed E-state index contributed by atoms with van der Waals surface area (Å²) in [6, 6.07) is 9.73. The molecule has 0 fully saturated rings. The van der Waals surface area contributed by atoms with Crippen molar-refractivity contribution in [2.24, 2.45) is 0 Å². The Labute approximate surface area is 122 Å². The molecule has 0 saturated carbocycles. The fraction of sp³-hybridized carbons (Fsp3) is 0.125. The quantitative estimate of drug-likeness (QED) is 0.694. The molecule has 3 rings (SSSR count). The molecule has 2 heterocycles. The van der Waals surface area contributed by atoms with Crippen LogP contribution in [0.3, 0.4) is 0 Å². The number of hydrogen-bond acceptors (Lipinski definition) is 2. The van der Waals surface area contributed by atoms with Gasteiger partial charge in [-0.1, -0.05) is 12.1 Å². The van der Waals surface area contributed by atoms with Gasteiger partial charge >= 0.3 is 0 Å². The van der Waals surface area contributed by atoms with Crippen LogP contribution in [0.25, 0.3) is 11.6 Å². The Morgan fingerprint density at radius 1 is 1.30 bits per heavy atom. The summed E-state index contributed by atoms with van der Waals surface area (Å²) in [6.07, 6.45) is 6.10. The van der Waals surface area contributed by atoms with E-state index in [9.17, 15) is 4.79 Å². The number of carbonyl (C=O) groups excluding carboxylic acids is 1. The lowest BCUT2D eigenvalue weighted by Crippen LogP contribution is -2.03. The predicted molar refractivity (Wildman–Crippen MR) is 81.6 cm³/mol. The van der Waals surface area contributed by atoms with E-state index in [0.29, 0.717) is 11.5 Å². The molecule has 1 aromatic carbocycles. The molecular weight excluding hydrogens is 272 g/mol. The Morgan fingerprint density at radius 3 is 2.95 bits per heavy atom. The van der Waals surface area contributed by atoms with Crippen LogP contribution in [-0.4, -0.2) is 16.8 Å². The van der Waals surface area contributed by atoms with Crippen LogP contribution in [0.4, 0.5) is 5.69 Å². The fourth-order valence-electron chi connectivity index (χ4n) is 2.27. The molecule has 0 unspecified atom stereocenters. The highest BCUT2D eigenvalue weighted by Gasteiger charge is 2.24. The zero-order valence-corrected chi connectivity index (χ0v) is 11.5. The Balaban J connectivity index is 2.04. The van der Waals surface area contributed by atoms with Crippen molar-refractivity contribution in [3.63, 3.8) is 0 Å². The number of pyridine rings is 1. The van der Waals surface area contributed by atoms with Crippen molar-refractivity contribution in [3.05, 3.63) is 59.4 Å². The number of benzene rings is 1. The van der Waals surface area contributed by atoms with Crippen molar-refractivity contribution in [3.8, 4) is 0 Å². The topological polar surface area (TPSA) is 42.0 Å². The van der Waals surface area contributed by atoms with Gasteiger partial charge in [0.15, 0.2) is 0 Å². The highest BCUT2D eigenvalue weighted by atomic mass is 35.5. The van der Waals surface area contributed by atoms with Crippen molar-refractivity contribution in [2.45, 2.75) is 6.42 Å². The number of amides is 1. The molecule has 0 aliphatic carbocycles. The van der Waals surface area contributed by atoms with Crippen molar-refractivity contribution < 1.29 is 4.79 Å². The first-order valence-corrected chi connectivity index (χ1v) is 6.94. The minimum Gasteiger partial charge on any atom is -0.321 e. The lowest BCUT2D eigenvalue weighted by molar-refractivity contribution is -0.110. The van der Waals surface area contributed by atoms with Crippen LogP contribution in [0.5, 0.6) is 0 Å². The first-order chi connectivity index (χ1) is 9.78. The van der Waals surface area contributed by atoms with Gasteiger partial charge < -0.3 is 5.32 Å². The number of nitrogens with one attached hydrogen (secondary N) is 1. The van der Waals surface area contributed by atoms with Crippen LogP contribution in [0.2, 0.25) is 0 Å². The molecule has 4 heteroatoms. The van der Waals surface area contributed by atoms with Gasteiger partial charge in [-0.2, -0.15) is 0 Å². The Bertz CT molecular complexity index is 680. The van der Waals surface area contributed by atoms with Gasteiger partial charge in [0.2, 0.25) is 0 Å². The van der Waals surface area contributed by atoms with E-state index in [1.165, 1.54) is 0 Å². The standard InChI is InChI=1S/C16H13ClN2O/c17-6-5-11-3-4-15-13(8-11)14(16(20)19-15)9-12-2-1-7-18-10-12/h1-4,7-10H,5-6H2,(H,19,20). The lowest BCUT2D eigenvalue weighted by atomic mass is 10.0. The average Bonchev–Trinajstić information content (AvgIpc) is 2.77. The SMILES string of the molecule is O=C1Nc2ccc(CCCl)cc2C1=Cc1cccnc1. The third-order valence-corrected chi connectivity index (χ3v) is 3.43. The molecule has 100 valence electrons. The number of aromatic nitrogens is 1. The number of alkyl halides is 1. The second-order valence-electron chi connectivity index (χ2n) is 4.62. The largest absolute Gasteiger partial charge is 0.321 e. The number of hydrogen-bond donors (Lipinski definition) is 1. The molecule has 1 aliphatic rings. The van der Waals surface area contributed by atoms with Crippen LogP contribution in [0, 0.1) is 0 Å². The van der Waals surface area contributed by atoms with Gasteiger partial charge in [-0.25, -0.2) is 0 Å². The molecule has 0 atom stereocenters. The van der Waals surface area contributed by atoms with Crippen LogP contribution in [0.1, 0.15) is 16.7 Å². The van der Waals surface area contributed by atoms with E-state index in [1.54, 1.807) is 12.4 Å². The molecule has 1 amide bonds. The van der Waals surface area contributed by atoms with Crippen LogP contribution in [-0.2, 0) is 11.2 Å². The molecule has 0 saturated heterocycles. The fourth-order valence-corrected chi connectivity index (χ4v) is 2.49. The summed E-state index contributed by atoms with van der Waals surface area (Å²) < 4.78 is 0. The van der Waals surface area contributed by atoms with E-state index >= 15 is 0 Å². The Hall–Kier alpha value is -2.13. The lowest BCUT2D eigenvalue weighted by Gasteiger charge is -2.03. The first-order valence-electron chi connectivity index (χ1n) is 6.40. The maximum absolute atomic E-state index is 12.1. The molecular formula is C16H13ClN2O. The van der Waals surface area contributed by atoms with E-state index in [2.05, 4.69) is 10.3 Å². The van der Waals surface area contributed by atoms with E-state index in [4.69, 9.17) is 11.6 Å². The summed E-state index contributed by atoms with van der Waals surface area (Å²) in [5.74, 6) is 0.494. The van der Waals surface area contributed by atoms with Gasteiger partial charge in [-0.15, -0.1) is 11.6 Å². The van der Waals surface area contributed by atoms with Crippen LogP contribution in [0.15, 0.2) is 42.7 Å². The summed E-state index contributed by atoms with van der Waals surface area (Å²) in [5.41, 5.74) is 4.50. The monoisotopic (exact) mass is 284 g/mol. The number of nitrogens with zero attached hydrogens (tertiary/aromatic N) is 1. The zero-order valence-electron chi connectivity index (χ0n) is 10.8.